The highest BCUT2D eigenvalue weighted by atomic mass is 32.2. The fourth-order valence-electron chi connectivity index (χ4n) is 1.57. The Morgan fingerprint density at radius 3 is 2.69 bits per heavy atom. The molecule has 0 bridgehead atoms. The van der Waals surface area contributed by atoms with E-state index in [4.69, 9.17) is 0 Å². The average Bonchev–Trinajstić information content (AvgIpc) is 2.44. The molecule has 0 spiro atoms. The Balaban J connectivity index is 2.69. The molecule has 0 amide bonds. The fraction of sp³-hybridized carbons (Fsp3) is 0.727. The van der Waals surface area contributed by atoms with Gasteiger partial charge < -0.3 is 10.2 Å². The fourth-order valence-corrected chi connectivity index (χ4v) is 2.84. The van der Waals surface area contributed by atoms with Crippen molar-refractivity contribution in [3.05, 3.63) is 11.3 Å². The number of thioether (sulfide) groups is 1. The van der Waals surface area contributed by atoms with Gasteiger partial charge in [-0.2, -0.15) is 5.10 Å². The Hall–Kier alpha value is -0.520. The van der Waals surface area contributed by atoms with E-state index in [1.54, 1.807) is 0 Å². The summed E-state index contributed by atoms with van der Waals surface area (Å²) in [7, 11) is 8.19. The van der Waals surface area contributed by atoms with Crippen LogP contribution in [0.15, 0.2) is 5.03 Å². The van der Waals surface area contributed by atoms with Crippen LogP contribution in [0.2, 0.25) is 0 Å². The van der Waals surface area contributed by atoms with Gasteiger partial charge in [0.05, 0.1) is 10.7 Å². The van der Waals surface area contributed by atoms with Crippen LogP contribution in [0.3, 0.4) is 0 Å². The van der Waals surface area contributed by atoms with Gasteiger partial charge in [-0.05, 0) is 28.1 Å². The third-order valence-corrected chi connectivity index (χ3v) is 3.59. The van der Waals surface area contributed by atoms with Gasteiger partial charge >= 0.3 is 0 Å². The second kappa shape index (κ2) is 6.27. The van der Waals surface area contributed by atoms with E-state index < -0.39 is 0 Å². The lowest BCUT2D eigenvalue weighted by atomic mass is 10.3. The molecule has 0 aliphatic heterocycles. The van der Waals surface area contributed by atoms with Gasteiger partial charge in [0, 0.05) is 31.5 Å². The summed E-state index contributed by atoms with van der Waals surface area (Å²) in [5, 5.41) is 8.96. The quantitative estimate of drug-likeness (QED) is 0.757. The largest absolute Gasteiger partial charge is 0.316 e. The van der Waals surface area contributed by atoms with Crippen LogP contribution in [-0.2, 0) is 13.6 Å². The zero-order valence-electron chi connectivity index (χ0n) is 10.9. The maximum absolute atomic E-state index is 4.47. The summed E-state index contributed by atoms with van der Waals surface area (Å²) in [4.78, 5) is 2.20. The molecule has 92 valence electrons. The van der Waals surface area contributed by atoms with Gasteiger partial charge in [-0.15, -0.1) is 11.8 Å². The van der Waals surface area contributed by atoms with Crippen molar-refractivity contribution in [1.29, 1.82) is 0 Å². The van der Waals surface area contributed by atoms with Crippen molar-refractivity contribution in [2.24, 2.45) is 7.05 Å². The van der Waals surface area contributed by atoms with Crippen molar-refractivity contribution >= 4 is 11.8 Å². The van der Waals surface area contributed by atoms with Gasteiger partial charge in [0.1, 0.15) is 0 Å². The zero-order chi connectivity index (χ0) is 12.1. The minimum atomic E-state index is 0.893. The first-order valence-electron chi connectivity index (χ1n) is 5.50. The van der Waals surface area contributed by atoms with Crippen molar-refractivity contribution in [1.82, 2.24) is 20.0 Å². The predicted octanol–water partition coefficient (Wildman–Crippen LogP) is 1.10. The van der Waals surface area contributed by atoms with Gasteiger partial charge in [0.15, 0.2) is 0 Å². The van der Waals surface area contributed by atoms with E-state index in [-0.39, 0.29) is 0 Å². The molecule has 1 aromatic rings. The van der Waals surface area contributed by atoms with Crippen LogP contribution in [0, 0.1) is 6.92 Å². The number of rotatable bonds is 6. The Morgan fingerprint density at radius 1 is 1.44 bits per heavy atom. The molecule has 1 aromatic heterocycles. The lowest BCUT2D eigenvalue weighted by molar-refractivity contribution is 0.437. The molecule has 1 N–H and O–H groups in total. The molecular formula is C11H22N4S. The van der Waals surface area contributed by atoms with Crippen molar-refractivity contribution < 1.29 is 0 Å². The molecular weight excluding hydrogens is 220 g/mol. The van der Waals surface area contributed by atoms with Gasteiger partial charge in [0.2, 0.25) is 0 Å². The Bertz CT molecular complexity index is 333. The number of hydrogen-bond acceptors (Lipinski definition) is 4. The number of nitrogens with one attached hydrogen (secondary N) is 1. The highest BCUT2D eigenvalue weighted by molar-refractivity contribution is 7.99. The van der Waals surface area contributed by atoms with Crippen LogP contribution in [0.25, 0.3) is 0 Å². The summed E-state index contributed by atoms with van der Waals surface area (Å²) in [5.41, 5.74) is 2.46. The molecule has 0 saturated carbocycles. The summed E-state index contributed by atoms with van der Waals surface area (Å²) >= 11 is 1.88. The maximum atomic E-state index is 4.47. The summed E-state index contributed by atoms with van der Waals surface area (Å²) in [6, 6.07) is 0. The Kier molecular flexibility index (Phi) is 5.31. The number of aryl methyl sites for hydroxylation is 2. The van der Waals surface area contributed by atoms with Gasteiger partial charge in [-0.25, -0.2) is 0 Å². The number of nitrogens with zero attached hydrogens (tertiary/aromatic N) is 3. The minimum absolute atomic E-state index is 0.893. The van der Waals surface area contributed by atoms with Gasteiger partial charge in [-0.3, -0.25) is 4.68 Å². The van der Waals surface area contributed by atoms with Crippen molar-refractivity contribution in [3.8, 4) is 0 Å². The van der Waals surface area contributed by atoms with E-state index in [1.807, 2.05) is 30.5 Å². The zero-order valence-corrected chi connectivity index (χ0v) is 11.7. The number of hydrogen-bond donors (Lipinski definition) is 1. The van der Waals surface area contributed by atoms with Crippen molar-refractivity contribution in [2.75, 3.05) is 33.4 Å². The Morgan fingerprint density at radius 2 is 2.12 bits per heavy atom. The molecule has 5 heteroatoms. The van der Waals surface area contributed by atoms with E-state index in [9.17, 15) is 0 Å². The lowest BCUT2D eigenvalue weighted by Gasteiger charge is -2.10. The molecule has 16 heavy (non-hydrogen) atoms. The van der Waals surface area contributed by atoms with Crippen molar-refractivity contribution in [2.45, 2.75) is 18.5 Å². The average molecular weight is 242 g/mol. The molecule has 0 saturated heterocycles. The summed E-state index contributed by atoms with van der Waals surface area (Å²) in [5.74, 6) is 1.10. The van der Waals surface area contributed by atoms with Crippen LogP contribution >= 0.6 is 11.8 Å². The maximum Gasteiger partial charge on any atom is 0.0984 e. The normalized spacial score (nSPS) is 11.4. The highest BCUT2D eigenvalue weighted by Crippen LogP contribution is 2.24. The summed E-state index contributed by atoms with van der Waals surface area (Å²) in [6.45, 7) is 4.06. The molecule has 0 atom stereocenters. The molecule has 0 aliphatic carbocycles. The van der Waals surface area contributed by atoms with Crippen LogP contribution in [-0.4, -0.2) is 48.1 Å². The topological polar surface area (TPSA) is 33.1 Å². The third-order valence-electron chi connectivity index (χ3n) is 2.42. The second-order valence-corrected chi connectivity index (χ2v) is 5.26. The van der Waals surface area contributed by atoms with Crippen LogP contribution < -0.4 is 5.32 Å². The standard InChI is InChI=1S/C11H22N4S/c1-9-10(8-12-2)11(15(5)13-9)16-7-6-14(3)4/h12H,6-8H2,1-5H3. The molecule has 0 aliphatic rings. The van der Waals surface area contributed by atoms with Gasteiger partial charge in [0.25, 0.3) is 0 Å². The van der Waals surface area contributed by atoms with Crippen molar-refractivity contribution in [3.63, 3.8) is 0 Å². The molecule has 0 unspecified atom stereocenters. The van der Waals surface area contributed by atoms with Crippen LogP contribution in [0.4, 0.5) is 0 Å². The summed E-state index contributed by atoms with van der Waals surface area (Å²) in [6.07, 6.45) is 0. The molecule has 1 rings (SSSR count). The first kappa shape index (κ1) is 13.5. The third kappa shape index (κ3) is 3.50. The predicted molar refractivity (Wildman–Crippen MR) is 70.0 cm³/mol. The highest BCUT2D eigenvalue weighted by Gasteiger charge is 2.12. The second-order valence-electron chi connectivity index (χ2n) is 4.17. The minimum Gasteiger partial charge on any atom is -0.316 e. The monoisotopic (exact) mass is 242 g/mol. The van der Waals surface area contributed by atoms with Crippen LogP contribution in [0.1, 0.15) is 11.3 Å². The molecule has 0 radical (unpaired) electrons. The molecule has 4 nitrogen and oxygen atoms in total. The van der Waals surface area contributed by atoms with E-state index in [1.165, 1.54) is 10.6 Å². The van der Waals surface area contributed by atoms with Crippen LogP contribution in [0.5, 0.6) is 0 Å². The molecule has 0 fully saturated rings. The number of aromatic nitrogens is 2. The van der Waals surface area contributed by atoms with E-state index in [0.717, 1.165) is 24.5 Å². The molecule has 1 heterocycles. The SMILES string of the molecule is CNCc1c(C)nn(C)c1SCCN(C)C. The first-order chi connectivity index (χ1) is 7.56. The summed E-state index contributed by atoms with van der Waals surface area (Å²) < 4.78 is 1.99. The van der Waals surface area contributed by atoms with Gasteiger partial charge in [-0.1, -0.05) is 0 Å². The smallest absolute Gasteiger partial charge is 0.0984 e. The van der Waals surface area contributed by atoms with E-state index >= 15 is 0 Å². The Labute approximate surface area is 102 Å². The lowest BCUT2D eigenvalue weighted by Crippen LogP contribution is -2.15. The van der Waals surface area contributed by atoms with E-state index in [2.05, 4.69) is 36.3 Å². The molecule has 0 aromatic carbocycles. The first-order valence-corrected chi connectivity index (χ1v) is 6.49. The van der Waals surface area contributed by atoms with E-state index in [0.29, 0.717) is 0 Å².